The van der Waals surface area contributed by atoms with E-state index in [9.17, 15) is 9.18 Å². The zero-order valence-corrected chi connectivity index (χ0v) is 9.34. The number of rotatable bonds is 3. The van der Waals surface area contributed by atoms with E-state index in [1.807, 2.05) is 0 Å². The summed E-state index contributed by atoms with van der Waals surface area (Å²) in [7, 11) is 0. The quantitative estimate of drug-likeness (QED) is 0.766. The summed E-state index contributed by atoms with van der Waals surface area (Å²) >= 11 is 0. The van der Waals surface area contributed by atoms with Crippen LogP contribution in [0.15, 0.2) is 0 Å². The second kappa shape index (κ2) is 4.50. The average molecular weight is 213 g/mol. The van der Waals surface area contributed by atoms with Crippen LogP contribution in [0.3, 0.4) is 0 Å². The lowest BCUT2D eigenvalue weighted by Gasteiger charge is -2.26. The van der Waals surface area contributed by atoms with Crippen molar-refractivity contribution in [2.45, 2.75) is 57.7 Å². The fourth-order valence-corrected chi connectivity index (χ4v) is 2.45. The number of amides is 1. The molecule has 2 aliphatic rings. The maximum atomic E-state index is 12.6. The highest BCUT2D eigenvalue weighted by atomic mass is 19.1. The van der Waals surface area contributed by atoms with Gasteiger partial charge in [0.2, 0.25) is 5.91 Å². The predicted molar refractivity (Wildman–Crippen MR) is 57.2 cm³/mol. The lowest BCUT2D eigenvalue weighted by atomic mass is 9.80. The van der Waals surface area contributed by atoms with Gasteiger partial charge >= 0.3 is 0 Å². The van der Waals surface area contributed by atoms with Gasteiger partial charge in [-0.15, -0.1) is 0 Å². The summed E-state index contributed by atoms with van der Waals surface area (Å²) in [5.74, 6) is 1.05. The monoisotopic (exact) mass is 213 g/mol. The summed E-state index contributed by atoms with van der Waals surface area (Å²) in [4.78, 5) is 11.7. The Balaban J connectivity index is 1.72. The SMILES string of the molecule is CCC1CCC(C(=O)NC2CC2F)CC1. The zero-order valence-electron chi connectivity index (χ0n) is 9.34. The van der Waals surface area contributed by atoms with Gasteiger partial charge in [-0.3, -0.25) is 4.79 Å². The third kappa shape index (κ3) is 2.70. The smallest absolute Gasteiger partial charge is 0.223 e. The topological polar surface area (TPSA) is 29.1 Å². The lowest BCUT2D eigenvalue weighted by Crippen LogP contribution is -2.35. The van der Waals surface area contributed by atoms with Crippen LogP contribution >= 0.6 is 0 Å². The summed E-state index contributed by atoms with van der Waals surface area (Å²) < 4.78 is 12.6. The van der Waals surface area contributed by atoms with E-state index in [0.29, 0.717) is 6.42 Å². The number of carbonyl (C=O) groups is 1. The van der Waals surface area contributed by atoms with Crippen LogP contribution in [0.4, 0.5) is 4.39 Å². The van der Waals surface area contributed by atoms with Crippen molar-refractivity contribution >= 4 is 5.91 Å². The number of hydrogen-bond acceptors (Lipinski definition) is 1. The van der Waals surface area contributed by atoms with Gasteiger partial charge in [0.25, 0.3) is 0 Å². The molecule has 2 saturated carbocycles. The molecule has 2 rings (SSSR count). The fraction of sp³-hybridized carbons (Fsp3) is 0.917. The Bertz CT molecular complexity index is 236. The molecule has 2 unspecified atom stereocenters. The molecule has 3 heteroatoms. The standard InChI is InChI=1S/C12H20FNO/c1-2-8-3-5-9(6-4-8)12(15)14-11-7-10(11)13/h8-11H,2-7H2,1H3,(H,14,15). The van der Waals surface area contributed by atoms with Crippen LogP contribution in [0.25, 0.3) is 0 Å². The minimum atomic E-state index is -0.777. The second-order valence-electron chi connectivity index (χ2n) is 4.99. The van der Waals surface area contributed by atoms with Gasteiger partial charge in [-0.2, -0.15) is 0 Å². The van der Waals surface area contributed by atoms with Gasteiger partial charge in [-0.1, -0.05) is 13.3 Å². The Labute approximate surface area is 90.6 Å². The Kier molecular flexibility index (Phi) is 3.27. The van der Waals surface area contributed by atoms with E-state index in [2.05, 4.69) is 12.2 Å². The van der Waals surface area contributed by atoms with Crippen molar-refractivity contribution in [1.82, 2.24) is 5.32 Å². The van der Waals surface area contributed by atoms with E-state index in [0.717, 1.165) is 31.6 Å². The summed E-state index contributed by atoms with van der Waals surface area (Å²) in [6.45, 7) is 2.21. The van der Waals surface area contributed by atoms with Gasteiger partial charge in [-0.05, 0) is 31.6 Å². The molecule has 15 heavy (non-hydrogen) atoms. The van der Waals surface area contributed by atoms with Crippen molar-refractivity contribution in [3.8, 4) is 0 Å². The Morgan fingerprint density at radius 1 is 1.33 bits per heavy atom. The molecule has 1 N–H and O–H groups in total. The molecule has 2 nitrogen and oxygen atoms in total. The summed E-state index contributed by atoms with van der Waals surface area (Å²) in [6.07, 6.45) is 5.29. The van der Waals surface area contributed by atoms with Crippen molar-refractivity contribution in [2.75, 3.05) is 0 Å². The van der Waals surface area contributed by atoms with Gasteiger partial charge in [0.1, 0.15) is 6.17 Å². The van der Waals surface area contributed by atoms with Gasteiger partial charge in [0, 0.05) is 12.3 Å². The number of nitrogens with one attached hydrogen (secondary N) is 1. The second-order valence-corrected chi connectivity index (χ2v) is 4.99. The van der Waals surface area contributed by atoms with Crippen LogP contribution in [0.5, 0.6) is 0 Å². The van der Waals surface area contributed by atoms with E-state index >= 15 is 0 Å². The Morgan fingerprint density at radius 2 is 1.93 bits per heavy atom. The molecule has 0 saturated heterocycles. The van der Waals surface area contributed by atoms with Crippen molar-refractivity contribution in [3.05, 3.63) is 0 Å². The Hall–Kier alpha value is -0.600. The maximum Gasteiger partial charge on any atom is 0.223 e. The van der Waals surface area contributed by atoms with E-state index in [1.54, 1.807) is 0 Å². The lowest BCUT2D eigenvalue weighted by molar-refractivity contribution is -0.126. The highest BCUT2D eigenvalue weighted by Crippen LogP contribution is 2.32. The van der Waals surface area contributed by atoms with Crippen LogP contribution < -0.4 is 5.32 Å². The molecular weight excluding hydrogens is 193 g/mol. The molecule has 0 aromatic heterocycles. The number of carbonyl (C=O) groups excluding carboxylic acids is 1. The van der Waals surface area contributed by atoms with E-state index in [1.165, 1.54) is 6.42 Å². The fourth-order valence-electron chi connectivity index (χ4n) is 2.45. The molecule has 0 heterocycles. The normalized spacial score (nSPS) is 39.9. The van der Waals surface area contributed by atoms with E-state index in [4.69, 9.17) is 0 Å². The van der Waals surface area contributed by atoms with Crippen LogP contribution in [0, 0.1) is 11.8 Å². The predicted octanol–water partition coefficient (Wildman–Crippen LogP) is 2.43. The van der Waals surface area contributed by atoms with E-state index < -0.39 is 6.17 Å². The molecule has 86 valence electrons. The highest BCUT2D eigenvalue weighted by molar-refractivity contribution is 5.79. The molecule has 1 amide bonds. The van der Waals surface area contributed by atoms with Crippen molar-refractivity contribution in [2.24, 2.45) is 11.8 Å². The first kappa shape index (κ1) is 10.9. The van der Waals surface area contributed by atoms with Gasteiger partial charge in [-0.25, -0.2) is 4.39 Å². The minimum absolute atomic E-state index is 0.0923. The maximum absolute atomic E-state index is 12.6. The van der Waals surface area contributed by atoms with E-state index in [-0.39, 0.29) is 17.9 Å². The minimum Gasteiger partial charge on any atom is -0.350 e. The first-order chi connectivity index (χ1) is 7.20. The third-order valence-corrected chi connectivity index (χ3v) is 3.84. The number of alkyl halides is 1. The molecule has 2 fully saturated rings. The highest BCUT2D eigenvalue weighted by Gasteiger charge is 2.40. The molecule has 2 aliphatic carbocycles. The van der Waals surface area contributed by atoms with Crippen molar-refractivity contribution in [1.29, 1.82) is 0 Å². The first-order valence-corrected chi connectivity index (χ1v) is 6.15. The average Bonchev–Trinajstić information content (AvgIpc) is 2.94. The van der Waals surface area contributed by atoms with Crippen LogP contribution in [-0.4, -0.2) is 18.1 Å². The molecule has 0 aliphatic heterocycles. The van der Waals surface area contributed by atoms with Crippen LogP contribution in [0.1, 0.15) is 45.4 Å². The van der Waals surface area contributed by atoms with Crippen LogP contribution in [0.2, 0.25) is 0 Å². The molecule has 0 aromatic rings. The first-order valence-electron chi connectivity index (χ1n) is 6.15. The summed E-state index contributed by atoms with van der Waals surface area (Å²) in [5, 5.41) is 2.79. The molecular formula is C12H20FNO. The zero-order chi connectivity index (χ0) is 10.8. The molecule has 2 atom stereocenters. The van der Waals surface area contributed by atoms with Gasteiger partial charge in [0.05, 0.1) is 6.04 Å². The molecule has 0 radical (unpaired) electrons. The van der Waals surface area contributed by atoms with Gasteiger partial charge < -0.3 is 5.32 Å². The van der Waals surface area contributed by atoms with Crippen molar-refractivity contribution in [3.63, 3.8) is 0 Å². The molecule has 0 bridgehead atoms. The number of halogens is 1. The third-order valence-electron chi connectivity index (χ3n) is 3.84. The molecule has 0 spiro atoms. The van der Waals surface area contributed by atoms with Gasteiger partial charge in [0.15, 0.2) is 0 Å². The van der Waals surface area contributed by atoms with Crippen molar-refractivity contribution < 1.29 is 9.18 Å². The number of hydrogen-bond donors (Lipinski definition) is 1. The molecule has 0 aromatic carbocycles. The van der Waals surface area contributed by atoms with Crippen LogP contribution in [-0.2, 0) is 4.79 Å². The summed E-state index contributed by atoms with van der Waals surface area (Å²) in [6, 6.07) is -0.165. The Morgan fingerprint density at radius 3 is 2.40 bits per heavy atom. The largest absolute Gasteiger partial charge is 0.350 e. The summed E-state index contributed by atoms with van der Waals surface area (Å²) in [5.41, 5.74) is 0.